The van der Waals surface area contributed by atoms with Crippen LogP contribution in [0.4, 0.5) is 0 Å². The summed E-state index contributed by atoms with van der Waals surface area (Å²) in [7, 11) is 1.83. The summed E-state index contributed by atoms with van der Waals surface area (Å²) in [5, 5.41) is 5.33. The van der Waals surface area contributed by atoms with Gasteiger partial charge in [0.15, 0.2) is 5.78 Å². The zero-order valence-electron chi connectivity index (χ0n) is 11.0. The summed E-state index contributed by atoms with van der Waals surface area (Å²) >= 11 is 11.9. The predicted molar refractivity (Wildman–Crippen MR) is 77.2 cm³/mol. The second-order valence-corrected chi connectivity index (χ2v) is 5.35. The van der Waals surface area contributed by atoms with E-state index in [1.165, 1.54) is 0 Å². The van der Waals surface area contributed by atoms with Gasteiger partial charge in [-0.2, -0.15) is 5.10 Å². The molecule has 5 heteroatoms. The first-order valence-corrected chi connectivity index (χ1v) is 6.63. The summed E-state index contributed by atoms with van der Waals surface area (Å²) in [6.45, 7) is 3.72. The van der Waals surface area contributed by atoms with Gasteiger partial charge in [0.2, 0.25) is 0 Å². The Morgan fingerprint density at radius 3 is 2.53 bits per heavy atom. The number of rotatable bonds is 3. The average Bonchev–Trinajstić information content (AvgIpc) is 2.57. The lowest BCUT2D eigenvalue weighted by atomic mass is 10.0. The van der Waals surface area contributed by atoms with Crippen LogP contribution < -0.4 is 0 Å². The van der Waals surface area contributed by atoms with Crippen LogP contribution in [0.1, 0.15) is 27.3 Å². The molecule has 2 aromatic rings. The van der Waals surface area contributed by atoms with E-state index in [1.807, 2.05) is 20.9 Å². The first-order chi connectivity index (χ1) is 8.90. The number of Topliss-reactive ketones (excluding diaryl/α,β-unsaturated/α-hetero) is 1. The van der Waals surface area contributed by atoms with Crippen LogP contribution in [0, 0.1) is 13.8 Å². The van der Waals surface area contributed by atoms with Gasteiger partial charge in [0.1, 0.15) is 0 Å². The molecule has 2 rings (SSSR count). The highest BCUT2D eigenvalue weighted by Crippen LogP contribution is 2.23. The predicted octanol–water partition coefficient (Wildman–Crippen LogP) is 3.77. The Morgan fingerprint density at radius 2 is 2.00 bits per heavy atom. The quantitative estimate of drug-likeness (QED) is 0.808. The fraction of sp³-hybridized carbons (Fsp3) is 0.286. The number of hydrogen-bond donors (Lipinski definition) is 0. The number of ketones is 1. The van der Waals surface area contributed by atoms with Gasteiger partial charge in [0.05, 0.1) is 11.3 Å². The number of halogens is 2. The molecule has 0 amide bonds. The van der Waals surface area contributed by atoms with E-state index in [-0.39, 0.29) is 12.2 Å². The lowest BCUT2D eigenvalue weighted by Gasteiger charge is -2.05. The van der Waals surface area contributed by atoms with E-state index in [4.69, 9.17) is 23.2 Å². The fourth-order valence-corrected chi connectivity index (χ4v) is 2.58. The lowest BCUT2D eigenvalue weighted by Crippen LogP contribution is -2.07. The van der Waals surface area contributed by atoms with E-state index < -0.39 is 0 Å². The van der Waals surface area contributed by atoms with Crippen LogP contribution >= 0.6 is 23.2 Å². The minimum absolute atomic E-state index is 0.0207. The molecule has 0 spiro atoms. The van der Waals surface area contributed by atoms with Crippen LogP contribution in [-0.2, 0) is 13.5 Å². The van der Waals surface area contributed by atoms with Crippen molar-refractivity contribution in [2.75, 3.05) is 0 Å². The molecule has 0 aliphatic heterocycles. The Balaban J connectivity index is 2.31. The van der Waals surface area contributed by atoms with Gasteiger partial charge in [-0.15, -0.1) is 0 Å². The Morgan fingerprint density at radius 1 is 1.32 bits per heavy atom. The molecule has 0 saturated carbocycles. The van der Waals surface area contributed by atoms with Crippen LogP contribution in [0.25, 0.3) is 0 Å². The molecule has 0 aliphatic rings. The summed E-state index contributed by atoms with van der Waals surface area (Å²) in [4.78, 5) is 12.4. The summed E-state index contributed by atoms with van der Waals surface area (Å²) in [6, 6.07) is 5.16. The molecule has 0 saturated heterocycles. The lowest BCUT2D eigenvalue weighted by molar-refractivity contribution is 0.0991. The molecular weight excluding hydrogens is 283 g/mol. The monoisotopic (exact) mass is 296 g/mol. The highest BCUT2D eigenvalue weighted by Gasteiger charge is 2.18. The molecule has 100 valence electrons. The maximum absolute atomic E-state index is 12.4. The van der Waals surface area contributed by atoms with E-state index in [0.29, 0.717) is 15.6 Å². The van der Waals surface area contributed by atoms with Crippen molar-refractivity contribution in [2.45, 2.75) is 20.3 Å². The van der Waals surface area contributed by atoms with E-state index in [1.54, 1.807) is 22.9 Å². The van der Waals surface area contributed by atoms with Gasteiger partial charge < -0.3 is 0 Å². The van der Waals surface area contributed by atoms with Crippen molar-refractivity contribution in [1.29, 1.82) is 0 Å². The second kappa shape index (κ2) is 5.35. The van der Waals surface area contributed by atoms with Crippen LogP contribution in [0.2, 0.25) is 10.0 Å². The molecule has 0 aliphatic carbocycles. The van der Waals surface area contributed by atoms with E-state index in [9.17, 15) is 4.79 Å². The van der Waals surface area contributed by atoms with E-state index in [2.05, 4.69) is 5.10 Å². The van der Waals surface area contributed by atoms with Crippen LogP contribution in [0.15, 0.2) is 18.2 Å². The maximum atomic E-state index is 12.4. The van der Waals surface area contributed by atoms with Gasteiger partial charge in [0.25, 0.3) is 0 Å². The SMILES string of the molecule is Cc1nn(C)c(C)c1C(=O)Cc1ccc(Cl)cc1Cl. The first kappa shape index (κ1) is 14.1. The summed E-state index contributed by atoms with van der Waals surface area (Å²) in [5.41, 5.74) is 3.06. The molecule has 0 unspecified atom stereocenters. The van der Waals surface area contributed by atoms with Crippen molar-refractivity contribution in [3.05, 3.63) is 50.8 Å². The molecule has 0 radical (unpaired) electrons. The number of aryl methyl sites for hydroxylation is 2. The number of nitrogens with zero attached hydrogens (tertiary/aromatic N) is 2. The zero-order chi connectivity index (χ0) is 14.2. The highest BCUT2D eigenvalue weighted by atomic mass is 35.5. The van der Waals surface area contributed by atoms with Gasteiger partial charge in [-0.1, -0.05) is 29.3 Å². The van der Waals surface area contributed by atoms with Gasteiger partial charge in [-0.25, -0.2) is 0 Å². The topological polar surface area (TPSA) is 34.9 Å². The normalized spacial score (nSPS) is 10.8. The van der Waals surface area contributed by atoms with Crippen molar-refractivity contribution in [3.63, 3.8) is 0 Å². The number of benzene rings is 1. The third-order valence-corrected chi connectivity index (χ3v) is 3.74. The molecule has 0 fully saturated rings. The fourth-order valence-electron chi connectivity index (χ4n) is 2.10. The molecule has 0 bridgehead atoms. The van der Waals surface area contributed by atoms with Crippen LogP contribution in [-0.4, -0.2) is 15.6 Å². The van der Waals surface area contributed by atoms with E-state index in [0.717, 1.165) is 17.0 Å². The standard InChI is InChI=1S/C14H14Cl2N2O/c1-8-14(9(2)18(3)17-8)13(19)6-10-4-5-11(15)7-12(10)16/h4-5,7H,6H2,1-3H3. The molecule has 0 N–H and O–H groups in total. The van der Waals surface area contributed by atoms with Gasteiger partial charge in [-0.3, -0.25) is 9.48 Å². The minimum atomic E-state index is 0.0207. The van der Waals surface area contributed by atoms with Gasteiger partial charge in [0, 0.05) is 29.2 Å². The summed E-state index contributed by atoms with van der Waals surface area (Å²) in [6.07, 6.45) is 0.253. The summed E-state index contributed by atoms with van der Waals surface area (Å²) in [5.74, 6) is 0.0207. The number of aromatic nitrogens is 2. The smallest absolute Gasteiger partial charge is 0.170 e. The van der Waals surface area contributed by atoms with Crippen molar-refractivity contribution in [2.24, 2.45) is 7.05 Å². The third-order valence-electron chi connectivity index (χ3n) is 3.15. The Labute approximate surface area is 122 Å². The first-order valence-electron chi connectivity index (χ1n) is 5.87. The van der Waals surface area contributed by atoms with Crippen molar-refractivity contribution >= 4 is 29.0 Å². The molecule has 1 heterocycles. The highest BCUT2D eigenvalue weighted by molar-refractivity contribution is 6.35. The molecule has 3 nitrogen and oxygen atoms in total. The maximum Gasteiger partial charge on any atom is 0.170 e. The number of carbonyl (C=O) groups is 1. The van der Waals surface area contributed by atoms with Crippen molar-refractivity contribution in [1.82, 2.24) is 9.78 Å². The summed E-state index contributed by atoms with van der Waals surface area (Å²) < 4.78 is 1.71. The Bertz CT molecular complexity index is 647. The van der Waals surface area contributed by atoms with E-state index >= 15 is 0 Å². The van der Waals surface area contributed by atoms with Crippen LogP contribution in [0.3, 0.4) is 0 Å². The van der Waals surface area contributed by atoms with Crippen molar-refractivity contribution < 1.29 is 4.79 Å². The zero-order valence-corrected chi connectivity index (χ0v) is 12.5. The van der Waals surface area contributed by atoms with Gasteiger partial charge in [-0.05, 0) is 31.5 Å². The van der Waals surface area contributed by atoms with Crippen LogP contribution in [0.5, 0.6) is 0 Å². The Hall–Kier alpha value is -1.32. The minimum Gasteiger partial charge on any atom is -0.294 e. The third kappa shape index (κ3) is 2.82. The largest absolute Gasteiger partial charge is 0.294 e. The molecule has 1 aromatic carbocycles. The molecule has 19 heavy (non-hydrogen) atoms. The molecular formula is C14H14Cl2N2O. The van der Waals surface area contributed by atoms with Crippen molar-refractivity contribution in [3.8, 4) is 0 Å². The second-order valence-electron chi connectivity index (χ2n) is 4.51. The number of carbonyl (C=O) groups excluding carboxylic acids is 1. The number of hydrogen-bond acceptors (Lipinski definition) is 2. The van der Waals surface area contributed by atoms with Gasteiger partial charge >= 0.3 is 0 Å². The average molecular weight is 297 g/mol. The molecule has 1 aromatic heterocycles. The Kier molecular flexibility index (Phi) is 3.97. The molecule has 0 atom stereocenters.